The number of ether oxygens (including phenoxy) is 1. The second kappa shape index (κ2) is 11.5. The summed E-state index contributed by atoms with van der Waals surface area (Å²) in [5.41, 5.74) is 0.612. The van der Waals surface area contributed by atoms with Crippen LogP contribution in [-0.2, 0) is 14.4 Å². The largest absolute Gasteiger partial charge is 0.478 e. The highest BCUT2D eigenvalue weighted by Gasteiger charge is 2.38. The summed E-state index contributed by atoms with van der Waals surface area (Å²) in [5.74, 6) is -8.02. The van der Waals surface area contributed by atoms with Crippen LogP contribution in [0.5, 0.6) is 5.75 Å². The lowest BCUT2D eigenvalue weighted by atomic mass is 10.0. The van der Waals surface area contributed by atoms with Crippen molar-refractivity contribution >= 4 is 34.5 Å². The summed E-state index contributed by atoms with van der Waals surface area (Å²) in [6.45, 7) is 4.24. The van der Waals surface area contributed by atoms with Gasteiger partial charge in [0, 0.05) is 5.39 Å². The lowest BCUT2D eigenvalue weighted by Crippen LogP contribution is -2.59. The predicted molar refractivity (Wildman–Crippen MR) is 129 cm³/mol. The Morgan fingerprint density at radius 3 is 2.14 bits per heavy atom. The molecule has 2 aromatic carbocycles. The first-order valence-corrected chi connectivity index (χ1v) is 11.3. The fraction of sp³-hybridized carbons (Fsp3) is 0.269. The fourth-order valence-corrected chi connectivity index (χ4v) is 3.56. The van der Waals surface area contributed by atoms with Gasteiger partial charge in [-0.2, -0.15) is 0 Å². The zero-order valence-corrected chi connectivity index (χ0v) is 20.2. The molecular weight excluding hydrogens is 488 g/mol. The fourth-order valence-electron chi connectivity index (χ4n) is 3.56. The van der Waals surface area contributed by atoms with Gasteiger partial charge in [0.25, 0.3) is 5.91 Å². The molecule has 0 aliphatic heterocycles. The molecule has 2 amide bonds. The van der Waals surface area contributed by atoms with Crippen LogP contribution in [0, 0.1) is 17.6 Å². The number of hydrogen-bond donors (Lipinski definition) is 3. The van der Waals surface area contributed by atoms with Crippen LogP contribution in [0.15, 0.2) is 54.6 Å². The summed E-state index contributed by atoms with van der Waals surface area (Å²) in [6.07, 6.45) is -2.15. The van der Waals surface area contributed by atoms with Crippen molar-refractivity contribution in [1.82, 2.24) is 15.6 Å². The Kier molecular flexibility index (Phi) is 8.49. The monoisotopic (exact) mass is 513 g/mol. The number of carbonyl (C=O) groups excluding carboxylic acids is 3. The van der Waals surface area contributed by atoms with Gasteiger partial charge >= 0.3 is 5.97 Å². The van der Waals surface area contributed by atoms with Crippen molar-refractivity contribution in [3.63, 3.8) is 0 Å². The third-order valence-corrected chi connectivity index (χ3v) is 5.51. The zero-order valence-electron chi connectivity index (χ0n) is 20.2. The van der Waals surface area contributed by atoms with Crippen LogP contribution >= 0.6 is 0 Å². The quantitative estimate of drug-likeness (QED) is 0.379. The van der Waals surface area contributed by atoms with Crippen LogP contribution in [0.1, 0.15) is 31.3 Å². The number of carboxylic acids is 1. The van der Waals surface area contributed by atoms with E-state index in [2.05, 4.69) is 15.6 Å². The Balaban J connectivity index is 1.82. The van der Waals surface area contributed by atoms with Gasteiger partial charge in [0.1, 0.15) is 17.8 Å². The Hall–Kier alpha value is -4.41. The number of benzene rings is 2. The molecule has 194 valence electrons. The Bertz CT molecular complexity index is 1330. The first kappa shape index (κ1) is 27.2. The van der Waals surface area contributed by atoms with E-state index in [9.17, 15) is 33.1 Å². The zero-order chi connectivity index (χ0) is 27.3. The normalized spacial score (nSPS) is 13.5. The molecule has 3 aromatic rings. The van der Waals surface area contributed by atoms with Gasteiger partial charge in [-0.25, -0.2) is 18.6 Å². The van der Waals surface area contributed by atoms with Crippen molar-refractivity contribution < 1.29 is 37.8 Å². The van der Waals surface area contributed by atoms with Gasteiger partial charge in [-0.1, -0.05) is 44.2 Å². The Labute approximate surface area is 210 Å². The van der Waals surface area contributed by atoms with Gasteiger partial charge in [-0.3, -0.25) is 14.4 Å². The molecule has 0 fully saturated rings. The molecular formula is C26H25F2N3O6. The molecule has 37 heavy (non-hydrogen) atoms. The minimum atomic E-state index is -2.15. The maximum Gasteiger partial charge on any atom is 0.347 e. The first-order chi connectivity index (χ1) is 17.5. The molecule has 3 atom stereocenters. The minimum Gasteiger partial charge on any atom is -0.478 e. The number of para-hydroxylation sites is 2. The summed E-state index contributed by atoms with van der Waals surface area (Å²) in [6, 6.07) is 10.0. The number of nitrogens with one attached hydrogen (secondary N) is 2. The molecule has 3 N–H and O–H groups in total. The van der Waals surface area contributed by atoms with E-state index >= 15 is 0 Å². The topological polar surface area (TPSA) is 135 Å². The number of carbonyl (C=O) groups is 4. The number of Topliss-reactive ketones (excluding diaryl/α,β-unsaturated/α-hetero) is 1. The summed E-state index contributed by atoms with van der Waals surface area (Å²) in [4.78, 5) is 54.4. The van der Waals surface area contributed by atoms with Crippen molar-refractivity contribution in [1.29, 1.82) is 0 Å². The van der Waals surface area contributed by atoms with Crippen LogP contribution in [0.4, 0.5) is 8.78 Å². The van der Waals surface area contributed by atoms with Gasteiger partial charge in [0.05, 0.1) is 5.52 Å². The minimum absolute atomic E-state index is 0.0436. The molecule has 0 aliphatic rings. The Morgan fingerprint density at radius 1 is 0.892 bits per heavy atom. The molecule has 0 saturated carbocycles. The number of pyridine rings is 1. The number of hydrogen-bond acceptors (Lipinski definition) is 6. The standard InChI is InChI=1S/C26H25F2N3O6/c1-13(2)20(30-24(33)19-12-11-15-7-4-5-10-18(15)29-19)25(34)31-21(14(3)32)23(26(35)36)37-22-16(27)8-6-9-17(22)28/h4-13,20-21,23H,1-3H3,(H,30,33)(H,31,34)(H,35,36)/t20-,21?,23?/m0/s1. The highest BCUT2D eigenvalue weighted by molar-refractivity contribution is 5.99. The number of nitrogens with zero attached hydrogens (tertiary/aromatic N) is 1. The van der Waals surface area contributed by atoms with E-state index in [1.807, 2.05) is 12.1 Å². The third-order valence-electron chi connectivity index (χ3n) is 5.51. The van der Waals surface area contributed by atoms with Crippen LogP contribution in [0.25, 0.3) is 10.9 Å². The maximum atomic E-state index is 14.1. The van der Waals surface area contributed by atoms with Gasteiger partial charge in [0.15, 0.2) is 23.2 Å². The average molecular weight is 513 g/mol. The maximum absolute atomic E-state index is 14.1. The number of aliphatic carboxylic acids is 1. The number of rotatable bonds is 10. The number of aromatic nitrogens is 1. The van der Waals surface area contributed by atoms with Crippen LogP contribution in [0.2, 0.25) is 0 Å². The molecule has 0 radical (unpaired) electrons. The predicted octanol–water partition coefficient (Wildman–Crippen LogP) is 2.87. The van der Waals surface area contributed by atoms with E-state index in [1.165, 1.54) is 6.07 Å². The summed E-state index contributed by atoms with van der Waals surface area (Å²) in [7, 11) is 0. The van der Waals surface area contributed by atoms with Crippen LogP contribution in [0.3, 0.4) is 0 Å². The molecule has 0 saturated heterocycles. The summed E-state index contributed by atoms with van der Waals surface area (Å²) < 4.78 is 33.1. The third kappa shape index (κ3) is 6.43. The molecule has 11 heteroatoms. The van der Waals surface area contributed by atoms with Crippen molar-refractivity contribution in [2.45, 2.75) is 39.0 Å². The number of carboxylic acid groups (broad SMARTS) is 1. The van der Waals surface area contributed by atoms with E-state index in [0.717, 1.165) is 30.5 Å². The molecule has 0 aliphatic carbocycles. The highest BCUT2D eigenvalue weighted by Crippen LogP contribution is 2.23. The van der Waals surface area contributed by atoms with Gasteiger partial charge in [-0.15, -0.1) is 0 Å². The summed E-state index contributed by atoms with van der Waals surface area (Å²) in [5, 5.41) is 15.2. The van der Waals surface area contributed by atoms with E-state index in [0.29, 0.717) is 5.52 Å². The van der Waals surface area contributed by atoms with Crippen molar-refractivity contribution in [2.24, 2.45) is 5.92 Å². The molecule has 3 rings (SSSR count). The molecule has 1 heterocycles. The van der Waals surface area contributed by atoms with Gasteiger partial charge < -0.3 is 20.5 Å². The average Bonchev–Trinajstić information content (AvgIpc) is 2.85. The van der Waals surface area contributed by atoms with E-state index in [1.54, 1.807) is 32.0 Å². The second-order valence-electron chi connectivity index (χ2n) is 8.61. The summed E-state index contributed by atoms with van der Waals surface area (Å²) >= 11 is 0. The van der Waals surface area contributed by atoms with Crippen LogP contribution < -0.4 is 15.4 Å². The highest BCUT2D eigenvalue weighted by atomic mass is 19.1. The van der Waals surface area contributed by atoms with E-state index < -0.39 is 65.1 Å². The number of ketones is 1. The molecule has 1 aromatic heterocycles. The van der Waals surface area contributed by atoms with Crippen molar-refractivity contribution in [3.8, 4) is 5.75 Å². The molecule has 2 unspecified atom stereocenters. The lowest BCUT2D eigenvalue weighted by molar-refractivity contribution is -0.149. The van der Waals surface area contributed by atoms with E-state index in [4.69, 9.17) is 4.74 Å². The molecule has 0 spiro atoms. The molecule has 9 nitrogen and oxygen atoms in total. The van der Waals surface area contributed by atoms with Gasteiger partial charge in [-0.05, 0) is 37.1 Å². The second-order valence-corrected chi connectivity index (χ2v) is 8.61. The molecule has 0 bridgehead atoms. The SMILES string of the molecule is CC(=O)C(NC(=O)[C@@H](NC(=O)c1ccc2ccccc2n1)C(C)C)C(Oc1c(F)cccc1F)C(=O)O. The number of amides is 2. The van der Waals surface area contributed by atoms with E-state index in [-0.39, 0.29) is 5.69 Å². The van der Waals surface area contributed by atoms with Gasteiger partial charge in [0.2, 0.25) is 12.0 Å². The Morgan fingerprint density at radius 2 is 1.54 bits per heavy atom. The lowest BCUT2D eigenvalue weighted by Gasteiger charge is -2.27. The first-order valence-electron chi connectivity index (χ1n) is 11.3. The number of fused-ring (bicyclic) bond motifs is 1. The van der Waals surface area contributed by atoms with Crippen molar-refractivity contribution in [2.75, 3.05) is 0 Å². The van der Waals surface area contributed by atoms with Crippen LogP contribution in [-0.4, -0.2) is 51.8 Å². The van der Waals surface area contributed by atoms with Crippen molar-refractivity contribution in [3.05, 3.63) is 71.9 Å². The smallest absolute Gasteiger partial charge is 0.347 e. The number of halogens is 2.